The van der Waals surface area contributed by atoms with Gasteiger partial charge in [0, 0.05) is 12.4 Å². The van der Waals surface area contributed by atoms with Crippen LogP contribution in [0.5, 0.6) is 0 Å². The highest BCUT2D eigenvalue weighted by molar-refractivity contribution is 6.11. The third kappa shape index (κ3) is 2.12. The summed E-state index contributed by atoms with van der Waals surface area (Å²) in [5.41, 5.74) is 2.13. The molecule has 1 aromatic carbocycles. The molecule has 2 aromatic rings. The molecular formula is C15H13N3O. The van der Waals surface area contributed by atoms with E-state index in [1.165, 1.54) is 10.6 Å². The molecule has 1 aliphatic rings. The highest BCUT2D eigenvalue weighted by atomic mass is 16.2. The second-order valence-electron chi connectivity index (χ2n) is 4.49. The number of nitrogens with zero attached hydrogens (tertiary/aromatic N) is 3. The molecule has 2 heterocycles. The first-order chi connectivity index (χ1) is 9.25. The molecular weight excluding hydrogens is 238 g/mol. The fraction of sp³-hybridized carbons (Fsp3) is 0.133. The van der Waals surface area contributed by atoms with Gasteiger partial charge in [-0.2, -0.15) is 10.1 Å². The van der Waals surface area contributed by atoms with Crippen molar-refractivity contribution in [3.63, 3.8) is 0 Å². The molecule has 0 saturated carbocycles. The van der Waals surface area contributed by atoms with Crippen LogP contribution in [0.3, 0.4) is 0 Å². The van der Waals surface area contributed by atoms with Crippen molar-refractivity contribution in [3.8, 4) is 0 Å². The Morgan fingerprint density at radius 3 is 2.58 bits per heavy atom. The van der Waals surface area contributed by atoms with Gasteiger partial charge in [0.25, 0.3) is 5.91 Å². The summed E-state index contributed by atoms with van der Waals surface area (Å²) in [5.74, 6) is 0.170. The molecule has 1 unspecified atom stereocenters. The lowest BCUT2D eigenvalue weighted by molar-refractivity contribution is -0.118. The molecule has 19 heavy (non-hydrogen) atoms. The molecule has 0 saturated heterocycles. The molecule has 94 valence electrons. The highest BCUT2D eigenvalue weighted by Crippen LogP contribution is 2.25. The van der Waals surface area contributed by atoms with E-state index >= 15 is 0 Å². The number of hydrogen-bond acceptors (Lipinski definition) is 3. The van der Waals surface area contributed by atoms with Crippen LogP contribution in [-0.2, 0) is 4.79 Å². The van der Waals surface area contributed by atoms with Gasteiger partial charge in [-0.1, -0.05) is 35.9 Å². The maximum atomic E-state index is 12.4. The lowest BCUT2D eigenvalue weighted by atomic mass is 9.99. The first-order valence-corrected chi connectivity index (χ1v) is 6.11. The van der Waals surface area contributed by atoms with Crippen molar-refractivity contribution < 1.29 is 4.79 Å². The summed E-state index contributed by atoms with van der Waals surface area (Å²) in [6.07, 6.45) is 3.32. The van der Waals surface area contributed by atoms with Gasteiger partial charge >= 0.3 is 0 Å². The van der Waals surface area contributed by atoms with Crippen LogP contribution in [0.2, 0.25) is 0 Å². The summed E-state index contributed by atoms with van der Waals surface area (Å²) >= 11 is 0. The van der Waals surface area contributed by atoms with Crippen molar-refractivity contribution in [1.82, 2.24) is 4.98 Å². The average Bonchev–Trinajstić information content (AvgIpc) is 2.83. The molecule has 1 aliphatic heterocycles. The van der Waals surface area contributed by atoms with Crippen LogP contribution in [0.4, 0.5) is 5.82 Å². The first kappa shape index (κ1) is 11.6. The van der Waals surface area contributed by atoms with Crippen molar-refractivity contribution in [2.75, 3.05) is 5.01 Å². The predicted octanol–water partition coefficient (Wildman–Crippen LogP) is 2.51. The fourth-order valence-corrected chi connectivity index (χ4v) is 2.04. The van der Waals surface area contributed by atoms with Gasteiger partial charge in [0.1, 0.15) is 5.92 Å². The van der Waals surface area contributed by atoms with Crippen molar-refractivity contribution in [1.29, 1.82) is 0 Å². The number of hydrogen-bond donors (Lipinski definition) is 0. The minimum atomic E-state index is -0.317. The second kappa shape index (κ2) is 4.65. The number of amides is 1. The molecule has 0 bridgehead atoms. The fourth-order valence-electron chi connectivity index (χ4n) is 2.04. The Labute approximate surface area is 111 Å². The van der Waals surface area contributed by atoms with Gasteiger partial charge in [-0.15, -0.1) is 0 Å². The molecule has 0 N–H and O–H groups in total. The molecule has 0 aliphatic carbocycles. The van der Waals surface area contributed by atoms with Crippen molar-refractivity contribution in [3.05, 3.63) is 59.8 Å². The minimum Gasteiger partial charge on any atom is -0.271 e. The smallest absolute Gasteiger partial charge is 0.261 e. The number of pyridine rings is 1. The van der Waals surface area contributed by atoms with E-state index < -0.39 is 0 Å². The second-order valence-corrected chi connectivity index (χ2v) is 4.49. The lowest BCUT2D eigenvalue weighted by Gasteiger charge is -2.13. The number of carbonyl (C=O) groups is 1. The molecule has 4 heteroatoms. The van der Waals surface area contributed by atoms with E-state index in [9.17, 15) is 4.79 Å². The molecule has 1 amide bonds. The number of aromatic nitrogens is 1. The Bertz CT molecular complexity index is 620. The summed E-state index contributed by atoms with van der Waals surface area (Å²) in [6.45, 7) is 2.02. The van der Waals surface area contributed by atoms with Gasteiger partial charge in [-0.05, 0) is 24.6 Å². The van der Waals surface area contributed by atoms with Crippen molar-refractivity contribution in [2.24, 2.45) is 5.10 Å². The number of hydrazone groups is 1. The third-order valence-electron chi connectivity index (χ3n) is 3.11. The van der Waals surface area contributed by atoms with Gasteiger partial charge in [-0.3, -0.25) is 4.79 Å². The van der Waals surface area contributed by atoms with Crippen LogP contribution in [0.25, 0.3) is 0 Å². The maximum Gasteiger partial charge on any atom is 0.261 e. The zero-order valence-corrected chi connectivity index (χ0v) is 10.5. The zero-order valence-electron chi connectivity index (χ0n) is 10.5. The molecule has 1 aromatic heterocycles. The van der Waals surface area contributed by atoms with E-state index in [4.69, 9.17) is 0 Å². The van der Waals surface area contributed by atoms with Crippen LogP contribution in [0, 0.1) is 6.92 Å². The zero-order chi connectivity index (χ0) is 13.2. The summed E-state index contributed by atoms with van der Waals surface area (Å²) in [6, 6.07) is 13.3. The van der Waals surface area contributed by atoms with Gasteiger partial charge in [-0.25, -0.2) is 4.98 Å². The molecule has 1 atom stereocenters. The minimum absolute atomic E-state index is 0.0671. The lowest BCUT2D eigenvalue weighted by Crippen LogP contribution is -2.25. The Kier molecular flexibility index (Phi) is 2.83. The van der Waals surface area contributed by atoms with E-state index in [0.717, 1.165) is 5.56 Å². The van der Waals surface area contributed by atoms with Crippen molar-refractivity contribution in [2.45, 2.75) is 12.8 Å². The Morgan fingerprint density at radius 2 is 1.89 bits per heavy atom. The Morgan fingerprint density at radius 1 is 1.11 bits per heavy atom. The number of carbonyl (C=O) groups excluding carboxylic acids is 1. The van der Waals surface area contributed by atoms with Crippen LogP contribution in [0.15, 0.2) is 53.8 Å². The quantitative estimate of drug-likeness (QED) is 0.823. The summed E-state index contributed by atoms with van der Waals surface area (Å²) in [4.78, 5) is 16.5. The van der Waals surface area contributed by atoms with Crippen LogP contribution >= 0.6 is 0 Å². The number of aryl methyl sites for hydroxylation is 1. The van der Waals surface area contributed by atoms with Crippen LogP contribution in [0.1, 0.15) is 17.0 Å². The largest absolute Gasteiger partial charge is 0.271 e. The van der Waals surface area contributed by atoms with Gasteiger partial charge in [0.15, 0.2) is 5.82 Å². The average molecular weight is 251 g/mol. The SMILES string of the molecule is Cc1ccc(C2C=NN(c3ccccn3)C2=O)cc1. The monoisotopic (exact) mass is 251 g/mol. The topological polar surface area (TPSA) is 45.6 Å². The van der Waals surface area contributed by atoms with Crippen LogP contribution < -0.4 is 5.01 Å². The molecule has 0 radical (unpaired) electrons. The highest BCUT2D eigenvalue weighted by Gasteiger charge is 2.31. The van der Waals surface area contributed by atoms with Gasteiger partial charge in [0.05, 0.1) is 0 Å². The number of rotatable bonds is 2. The third-order valence-corrected chi connectivity index (χ3v) is 3.11. The van der Waals surface area contributed by atoms with E-state index in [0.29, 0.717) is 5.82 Å². The van der Waals surface area contributed by atoms with Crippen LogP contribution in [-0.4, -0.2) is 17.1 Å². The van der Waals surface area contributed by atoms with E-state index in [-0.39, 0.29) is 11.8 Å². The predicted molar refractivity (Wildman–Crippen MR) is 74.1 cm³/mol. The van der Waals surface area contributed by atoms with Crippen molar-refractivity contribution >= 4 is 17.9 Å². The van der Waals surface area contributed by atoms with Gasteiger partial charge < -0.3 is 0 Å². The Hall–Kier alpha value is -2.49. The normalized spacial score (nSPS) is 18.1. The maximum absolute atomic E-state index is 12.4. The van der Waals surface area contributed by atoms with E-state index in [1.807, 2.05) is 43.3 Å². The number of anilines is 1. The van der Waals surface area contributed by atoms with E-state index in [1.54, 1.807) is 18.5 Å². The van der Waals surface area contributed by atoms with Gasteiger partial charge in [0.2, 0.25) is 0 Å². The molecule has 3 rings (SSSR count). The number of benzene rings is 1. The summed E-state index contributed by atoms with van der Waals surface area (Å²) < 4.78 is 0. The van der Waals surface area contributed by atoms with E-state index in [2.05, 4.69) is 10.1 Å². The standard InChI is InChI=1S/C15H13N3O/c1-11-5-7-12(8-6-11)13-10-17-18(15(13)19)14-4-2-3-9-16-14/h2-10,13H,1H3. The Balaban J connectivity index is 1.87. The summed E-state index contributed by atoms with van der Waals surface area (Å²) in [7, 11) is 0. The molecule has 0 fully saturated rings. The molecule has 0 spiro atoms. The molecule has 4 nitrogen and oxygen atoms in total. The summed E-state index contributed by atoms with van der Waals surface area (Å²) in [5, 5.41) is 5.52. The first-order valence-electron chi connectivity index (χ1n) is 6.11.